The number of benzene rings is 2. The van der Waals surface area contributed by atoms with Gasteiger partial charge in [0.05, 0.1) is 11.7 Å². The predicted molar refractivity (Wildman–Crippen MR) is 136 cm³/mol. The van der Waals surface area contributed by atoms with Gasteiger partial charge >= 0.3 is 0 Å². The highest BCUT2D eigenvalue weighted by Gasteiger charge is 2.41. The number of carbonyl (C=O) groups excluding carboxylic acids is 1. The third-order valence-electron chi connectivity index (χ3n) is 5.58. The lowest BCUT2D eigenvalue weighted by molar-refractivity contribution is -0.118. The van der Waals surface area contributed by atoms with Crippen LogP contribution in [0.3, 0.4) is 0 Å². The number of hydrogen-bond acceptors (Lipinski definition) is 4. The molecule has 1 fully saturated rings. The second kappa shape index (κ2) is 9.76. The van der Waals surface area contributed by atoms with E-state index < -0.39 is 0 Å². The molecular formula is C26H23N5O2S. The molecule has 5 rings (SSSR count). The Bertz CT molecular complexity index is 1250. The standard InChI is InChI=1S/C26H23N5O2S/c32-23(17-33-20-7-2-1-3-8-20)29-18-11-13-19(14-12-18)31-25(22-10-6-16-28-22)24(30-26(31)34)21-9-4-5-15-27-21/h1-16,24-25,28H,17H2,(H,29,32)(H,30,34)/t24-,25-/m1/s1. The van der Waals surface area contributed by atoms with Crippen molar-refractivity contribution in [1.29, 1.82) is 0 Å². The number of carbonyl (C=O) groups is 1. The topological polar surface area (TPSA) is 82.3 Å². The van der Waals surface area contributed by atoms with Gasteiger partial charge in [-0.1, -0.05) is 24.3 Å². The Morgan fingerprint density at radius 1 is 1.00 bits per heavy atom. The van der Waals surface area contributed by atoms with Crippen molar-refractivity contribution in [3.8, 4) is 5.75 Å². The number of thiocarbonyl (C=S) groups is 1. The number of nitrogens with zero attached hydrogens (tertiary/aromatic N) is 2. The van der Waals surface area contributed by atoms with E-state index in [1.165, 1.54) is 0 Å². The molecule has 34 heavy (non-hydrogen) atoms. The predicted octanol–water partition coefficient (Wildman–Crippen LogP) is 4.60. The molecule has 3 N–H and O–H groups in total. The lowest BCUT2D eigenvalue weighted by Crippen LogP contribution is -2.29. The summed E-state index contributed by atoms with van der Waals surface area (Å²) in [6.45, 7) is -0.0629. The van der Waals surface area contributed by atoms with Gasteiger partial charge in [0.1, 0.15) is 11.8 Å². The molecule has 0 spiro atoms. The number of nitrogens with one attached hydrogen (secondary N) is 3. The molecule has 1 saturated heterocycles. The average molecular weight is 470 g/mol. The van der Waals surface area contributed by atoms with E-state index in [4.69, 9.17) is 17.0 Å². The van der Waals surface area contributed by atoms with E-state index in [0.29, 0.717) is 16.5 Å². The second-order valence-corrected chi connectivity index (χ2v) is 8.21. The Kier molecular flexibility index (Phi) is 6.22. The maximum absolute atomic E-state index is 12.3. The summed E-state index contributed by atoms with van der Waals surface area (Å²) in [7, 11) is 0. The largest absolute Gasteiger partial charge is 0.484 e. The summed E-state index contributed by atoms with van der Waals surface area (Å²) < 4.78 is 5.51. The summed E-state index contributed by atoms with van der Waals surface area (Å²) in [4.78, 5) is 22.2. The summed E-state index contributed by atoms with van der Waals surface area (Å²) >= 11 is 5.72. The van der Waals surface area contributed by atoms with E-state index in [-0.39, 0.29) is 24.6 Å². The number of aromatic amines is 1. The van der Waals surface area contributed by atoms with Crippen LogP contribution < -0.4 is 20.3 Å². The molecular weight excluding hydrogens is 446 g/mol. The summed E-state index contributed by atoms with van der Waals surface area (Å²) in [5, 5.41) is 6.91. The summed E-state index contributed by atoms with van der Waals surface area (Å²) in [5.41, 5.74) is 3.53. The monoisotopic (exact) mass is 469 g/mol. The number of amides is 1. The summed E-state index contributed by atoms with van der Waals surface area (Å²) in [5.74, 6) is 0.426. The van der Waals surface area contributed by atoms with Crippen LogP contribution in [0.5, 0.6) is 5.75 Å². The Labute approximate surface area is 202 Å². The van der Waals surface area contributed by atoms with E-state index in [1.54, 1.807) is 6.20 Å². The molecule has 0 saturated carbocycles. The van der Waals surface area contributed by atoms with E-state index in [0.717, 1.165) is 17.1 Å². The Morgan fingerprint density at radius 3 is 2.50 bits per heavy atom. The number of aromatic nitrogens is 2. The molecule has 0 radical (unpaired) electrons. The summed E-state index contributed by atoms with van der Waals surface area (Å²) in [6.07, 6.45) is 3.69. The van der Waals surface area contributed by atoms with Gasteiger partial charge in [0.2, 0.25) is 0 Å². The van der Waals surface area contributed by atoms with Crippen LogP contribution in [0.2, 0.25) is 0 Å². The highest BCUT2D eigenvalue weighted by atomic mass is 32.1. The Balaban J connectivity index is 1.32. The number of H-pyrrole nitrogens is 1. The highest BCUT2D eigenvalue weighted by Crippen LogP contribution is 2.40. The maximum Gasteiger partial charge on any atom is 0.262 e. The maximum atomic E-state index is 12.3. The van der Waals surface area contributed by atoms with Crippen molar-refractivity contribution in [1.82, 2.24) is 15.3 Å². The van der Waals surface area contributed by atoms with Crippen LogP contribution in [0.15, 0.2) is 97.3 Å². The van der Waals surface area contributed by atoms with Crippen molar-refractivity contribution in [2.24, 2.45) is 0 Å². The molecule has 3 heterocycles. The normalized spacial score (nSPS) is 17.3. The van der Waals surface area contributed by atoms with Crippen LogP contribution in [0.1, 0.15) is 23.5 Å². The first-order chi connectivity index (χ1) is 16.7. The van der Waals surface area contributed by atoms with E-state index in [2.05, 4.69) is 25.5 Å². The Hall–Kier alpha value is -4.17. The van der Waals surface area contributed by atoms with Gasteiger partial charge in [-0.05, 0) is 72.9 Å². The van der Waals surface area contributed by atoms with Gasteiger partial charge in [-0.15, -0.1) is 0 Å². The number of pyridine rings is 1. The molecule has 0 bridgehead atoms. The van der Waals surface area contributed by atoms with Gasteiger partial charge in [0.15, 0.2) is 11.7 Å². The number of anilines is 2. The van der Waals surface area contributed by atoms with Crippen LogP contribution in [-0.4, -0.2) is 27.6 Å². The molecule has 2 atom stereocenters. The van der Waals surface area contributed by atoms with Crippen molar-refractivity contribution in [3.63, 3.8) is 0 Å². The first-order valence-electron chi connectivity index (χ1n) is 10.9. The lowest BCUT2D eigenvalue weighted by atomic mass is 10.0. The fourth-order valence-corrected chi connectivity index (χ4v) is 4.39. The molecule has 0 unspecified atom stereocenters. The van der Waals surface area contributed by atoms with Gasteiger partial charge in [-0.25, -0.2) is 0 Å². The zero-order valence-corrected chi connectivity index (χ0v) is 19.0. The van der Waals surface area contributed by atoms with Crippen molar-refractivity contribution < 1.29 is 9.53 Å². The molecule has 7 nitrogen and oxygen atoms in total. The Morgan fingerprint density at radius 2 is 1.79 bits per heavy atom. The third-order valence-corrected chi connectivity index (χ3v) is 5.90. The molecule has 1 aliphatic rings. The van der Waals surface area contributed by atoms with Gasteiger partial charge in [-0.2, -0.15) is 0 Å². The zero-order valence-electron chi connectivity index (χ0n) is 18.2. The van der Waals surface area contributed by atoms with E-state index in [1.807, 2.05) is 91.1 Å². The molecule has 1 amide bonds. The molecule has 8 heteroatoms. The molecule has 4 aromatic rings. The van der Waals surface area contributed by atoms with Crippen LogP contribution in [0, 0.1) is 0 Å². The second-order valence-electron chi connectivity index (χ2n) is 7.82. The molecule has 0 aliphatic carbocycles. The highest BCUT2D eigenvalue weighted by molar-refractivity contribution is 7.80. The van der Waals surface area contributed by atoms with Crippen LogP contribution >= 0.6 is 12.2 Å². The van der Waals surface area contributed by atoms with Crippen molar-refractivity contribution in [2.45, 2.75) is 12.1 Å². The van der Waals surface area contributed by atoms with Crippen LogP contribution in [-0.2, 0) is 4.79 Å². The average Bonchev–Trinajstić information content (AvgIpc) is 3.52. The smallest absolute Gasteiger partial charge is 0.262 e. The van der Waals surface area contributed by atoms with Crippen molar-refractivity contribution >= 4 is 34.6 Å². The minimum atomic E-state index is -0.227. The molecule has 170 valence electrons. The molecule has 2 aromatic carbocycles. The van der Waals surface area contributed by atoms with Gasteiger partial charge in [-0.3, -0.25) is 9.78 Å². The van der Waals surface area contributed by atoms with Gasteiger partial charge in [0, 0.05) is 29.5 Å². The third kappa shape index (κ3) is 4.62. The van der Waals surface area contributed by atoms with Gasteiger partial charge in [0.25, 0.3) is 5.91 Å². The van der Waals surface area contributed by atoms with Crippen LogP contribution in [0.4, 0.5) is 11.4 Å². The van der Waals surface area contributed by atoms with E-state index >= 15 is 0 Å². The quantitative estimate of drug-likeness (QED) is 0.343. The number of para-hydroxylation sites is 1. The number of rotatable bonds is 7. The lowest BCUT2D eigenvalue weighted by Gasteiger charge is -2.27. The minimum absolute atomic E-state index is 0.0629. The van der Waals surface area contributed by atoms with E-state index in [9.17, 15) is 4.79 Å². The SMILES string of the molecule is O=C(COc1ccccc1)Nc1ccc(N2C(=S)N[C@H](c3ccccn3)[C@H]2c2ccc[nH]2)cc1. The molecule has 1 aliphatic heterocycles. The van der Waals surface area contributed by atoms with Crippen molar-refractivity contribution in [2.75, 3.05) is 16.8 Å². The van der Waals surface area contributed by atoms with Crippen molar-refractivity contribution in [3.05, 3.63) is 109 Å². The number of ether oxygens (including phenoxy) is 1. The fraction of sp³-hybridized carbons (Fsp3) is 0.115. The van der Waals surface area contributed by atoms with Crippen LogP contribution in [0.25, 0.3) is 0 Å². The summed E-state index contributed by atoms with van der Waals surface area (Å²) in [6, 6.07) is 26.5. The first-order valence-corrected chi connectivity index (χ1v) is 11.3. The minimum Gasteiger partial charge on any atom is -0.484 e. The fourth-order valence-electron chi connectivity index (χ4n) is 4.05. The molecule has 2 aromatic heterocycles. The zero-order chi connectivity index (χ0) is 23.3. The first kappa shape index (κ1) is 21.7. The number of hydrogen-bond donors (Lipinski definition) is 3. The van der Waals surface area contributed by atoms with Gasteiger partial charge < -0.3 is 25.3 Å².